The summed E-state index contributed by atoms with van der Waals surface area (Å²) in [6.45, 7) is 2.04. The van der Waals surface area contributed by atoms with Gasteiger partial charge in [0.1, 0.15) is 0 Å². The first-order valence-electron chi connectivity index (χ1n) is 3.47. The van der Waals surface area contributed by atoms with Gasteiger partial charge in [0.25, 0.3) is 0 Å². The summed E-state index contributed by atoms with van der Waals surface area (Å²) in [5, 5.41) is 0. The average molecular weight is 140 g/mol. The monoisotopic (exact) mass is 140 g/mol. The highest BCUT2D eigenvalue weighted by atomic mass is 16.5. The van der Waals surface area contributed by atoms with Crippen LogP contribution in [0, 0.1) is 5.92 Å². The molecule has 0 fully saturated rings. The molecule has 0 aliphatic heterocycles. The molecule has 0 saturated carbocycles. The molecule has 0 saturated heterocycles. The van der Waals surface area contributed by atoms with E-state index in [9.17, 15) is 4.79 Å². The molecular formula is C8H12O2. The maximum Gasteiger partial charge on any atom is 0.309 e. The SMILES string of the molecule is COC(=O)[C@@H]1CC=C(C)C1. The summed E-state index contributed by atoms with van der Waals surface area (Å²) >= 11 is 0. The van der Waals surface area contributed by atoms with Crippen LogP contribution in [0.1, 0.15) is 19.8 Å². The maximum atomic E-state index is 10.9. The van der Waals surface area contributed by atoms with Gasteiger partial charge in [0.05, 0.1) is 13.0 Å². The molecule has 0 aromatic rings. The Morgan fingerprint density at radius 3 is 2.90 bits per heavy atom. The van der Waals surface area contributed by atoms with E-state index < -0.39 is 0 Å². The summed E-state index contributed by atoms with van der Waals surface area (Å²) in [6, 6.07) is 0. The maximum absolute atomic E-state index is 10.9. The van der Waals surface area contributed by atoms with E-state index in [1.165, 1.54) is 12.7 Å². The largest absolute Gasteiger partial charge is 0.469 e. The molecule has 0 unspecified atom stereocenters. The van der Waals surface area contributed by atoms with Gasteiger partial charge in [-0.3, -0.25) is 4.79 Å². The zero-order chi connectivity index (χ0) is 7.56. The van der Waals surface area contributed by atoms with E-state index in [0.717, 1.165) is 12.8 Å². The fraction of sp³-hybridized carbons (Fsp3) is 0.625. The van der Waals surface area contributed by atoms with Crippen molar-refractivity contribution < 1.29 is 9.53 Å². The van der Waals surface area contributed by atoms with Crippen LogP contribution in [0.2, 0.25) is 0 Å². The van der Waals surface area contributed by atoms with Gasteiger partial charge in [-0.2, -0.15) is 0 Å². The number of carbonyl (C=O) groups is 1. The first kappa shape index (κ1) is 7.32. The molecule has 0 aromatic carbocycles. The number of ether oxygens (including phenoxy) is 1. The highest BCUT2D eigenvalue weighted by Crippen LogP contribution is 2.24. The van der Waals surface area contributed by atoms with Crippen molar-refractivity contribution >= 4 is 5.97 Å². The molecule has 0 radical (unpaired) electrons. The predicted molar refractivity (Wildman–Crippen MR) is 38.5 cm³/mol. The molecule has 0 aromatic heterocycles. The topological polar surface area (TPSA) is 26.3 Å². The summed E-state index contributed by atoms with van der Waals surface area (Å²) in [7, 11) is 1.44. The van der Waals surface area contributed by atoms with Gasteiger partial charge in [0.2, 0.25) is 0 Å². The standard InChI is InChI=1S/C8H12O2/c1-6-3-4-7(5-6)8(9)10-2/h3,7H,4-5H2,1-2H3/t7-/m1/s1. The fourth-order valence-electron chi connectivity index (χ4n) is 1.24. The molecule has 0 N–H and O–H groups in total. The zero-order valence-corrected chi connectivity index (χ0v) is 6.39. The Morgan fingerprint density at radius 1 is 1.80 bits per heavy atom. The predicted octanol–water partition coefficient (Wildman–Crippen LogP) is 1.52. The molecule has 56 valence electrons. The smallest absolute Gasteiger partial charge is 0.309 e. The van der Waals surface area contributed by atoms with Gasteiger partial charge in [0.15, 0.2) is 0 Å². The lowest BCUT2D eigenvalue weighted by molar-refractivity contribution is -0.145. The van der Waals surface area contributed by atoms with Crippen LogP contribution in [0.15, 0.2) is 11.6 Å². The average Bonchev–Trinajstić information content (AvgIpc) is 2.34. The van der Waals surface area contributed by atoms with Crippen LogP contribution in [0.4, 0.5) is 0 Å². The Labute approximate surface area is 60.9 Å². The van der Waals surface area contributed by atoms with Gasteiger partial charge in [-0.25, -0.2) is 0 Å². The van der Waals surface area contributed by atoms with Crippen LogP contribution >= 0.6 is 0 Å². The summed E-state index contributed by atoms with van der Waals surface area (Å²) in [5.74, 6) is 0.0260. The lowest BCUT2D eigenvalue weighted by Gasteiger charge is -2.04. The molecule has 1 aliphatic rings. The van der Waals surface area contributed by atoms with Crippen molar-refractivity contribution in [1.82, 2.24) is 0 Å². The second-order valence-electron chi connectivity index (χ2n) is 2.71. The number of allylic oxidation sites excluding steroid dienone is 2. The lowest BCUT2D eigenvalue weighted by Crippen LogP contribution is -2.12. The fourth-order valence-corrected chi connectivity index (χ4v) is 1.24. The van der Waals surface area contributed by atoms with Gasteiger partial charge in [-0.1, -0.05) is 11.6 Å². The van der Waals surface area contributed by atoms with Crippen LogP contribution in [0.25, 0.3) is 0 Å². The van der Waals surface area contributed by atoms with E-state index in [1.54, 1.807) is 0 Å². The number of carbonyl (C=O) groups excluding carboxylic acids is 1. The Bertz CT molecular complexity index is 170. The van der Waals surface area contributed by atoms with Gasteiger partial charge >= 0.3 is 5.97 Å². The van der Waals surface area contributed by atoms with E-state index in [0.29, 0.717) is 0 Å². The summed E-state index contributed by atoms with van der Waals surface area (Å²) in [4.78, 5) is 10.9. The molecule has 2 heteroatoms. The van der Waals surface area contributed by atoms with E-state index in [1.807, 2.05) is 6.92 Å². The lowest BCUT2D eigenvalue weighted by atomic mass is 10.1. The third-order valence-electron chi connectivity index (χ3n) is 1.85. The molecule has 1 aliphatic carbocycles. The van der Waals surface area contributed by atoms with Gasteiger partial charge in [-0.05, 0) is 19.8 Å². The van der Waals surface area contributed by atoms with Crippen LogP contribution < -0.4 is 0 Å². The van der Waals surface area contributed by atoms with Crippen molar-refractivity contribution in [3.63, 3.8) is 0 Å². The van der Waals surface area contributed by atoms with Crippen molar-refractivity contribution in [2.75, 3.05) is 7.11 Å². The third-order valence-corrected chi connectivity index (χ3v) is 1.85. The van der Waals surface area contributed by atoms with Crippen LogP contribution in [-0.4, -0.2) is 13.1 Å². The van der Waals surface area contributed by atoms with Gasteiger partial charge in [0, 0.05) is 0 Å². The number of hydrogen-bond donors (Lipinski definition) is 0. The Hall–Kier alpha value is -0.790. The highest BCUT2D eigenvalue weighted by Gasteiger charge is 2.22. The first-order chi connectivity index (χ1) is 4.74. The van der Waals surface area contributed by atoms with Gasteiger partial charge in [-0.15, -0.1) is 0 Å². The van der Waals surface area contributed by atoms with E-state index in [-0.39, 0.29) is 11.9 Å². The minimum Gasteiger partial charge on any atom is -0.469 e. The van der Waals surface area contributed by atoms with Crippen LogP contribution in [-0.2, 0) is 9.53 Å². The van der Waals surface area contributed by atoms with E-state index >= 15 is 0 Å². The van der Waals surface area contributed by atoms with Crippen molar-refractivity contribution in [2.45, 2.75) is 19.8 Å². The molecule has 0 amide bonds. The minimum atomic E-state index is -0.0758. The third kappa shape index (κ3) is 1.38. The molecule has 1 atom stereocenters. The molecule has 0 bridgehead atoms. The second kappa shape index (κ2) is 2.86. The normalized spacial score (nSPS) is 24.2. The van der Waals surface area contributed by atoms with Crippen molar-refractivity contribution in [3.8, 4) is 0 Å². The Balaban J connectivity index is 2.42. The quantitative estimate of drug-likeness (QED) is 0.407. The molecule has 10 heavy (non-hydrogen) atoms. The number of hydrogen-bond acceptors (Lipinski definition) is 2. The van der Waals surface area contributed by atoms with E-state index in [4.69, 9.17) is 0 Å². The Kier molecular flexibility index (Phi) is 2.10. The number of esters is 1. The first-order valence-corrected chi connectivity index (χ1v) is 3.47. The Morgan fingerprint density at radius 2 is 2.50 bits per heavy atom. The van der Waals surface area contributed by atoms with Crippen LogP contribution in [0.3, 0.4) is 0 Å². The highest BCUT2D eigenvalue weighted by molar-refractivity contribution is 5.73. The number of methoxy groups -OCH3 is 1. The van der Waals surface area contributed by atoms with Crippen LogP contribution in [0.5, 0.6) is 0 Å². The summed E-state index contributed by atoms with van der Waals surface area (Å²) in [5.41, 5.74) is 1.30. The summed E-state index contributed by atoms with van der Waals surface area (Å²) < 4.78 is 4.61. The molecule has 1 rings (SSSR count). The molecule has 0 heterocycles. The zero-order valence-electron chi connectivity index (χ0n) is 6.39. The van der Waals surface area contributed by atoms with Gasteiger partial charge < -0.3 is 4.74 Å². The molecule has 0 spiro atoms. The molecular weight excluding hydrogens is 128 g/mol. The van der Waals surface area contributed by atoms with Crippen molar-refractivity contribution in [1.29, 1.82) is 0 Å². The molecule has 2 nitrogen and oxygen atoms in total. The van der Waals surface area contributed by atoms with E-state index in [2.05, 4.69) is 10.8 Å². The summed E-state index contributed by atoms with van der Waals surface area (Å²) in [6.07, 6.45) is 3.84. The van der Waals surface area contributed by atoms with Crippen molar-refractivity contribution in [2.24, 2.45) is 5.92 Å². The minimum absolute atomic E-state index is 0.0758. The second-order valence-corrected chi connectivity index (χ2v) is 2.71. The number of rotatable bonds is 1. The van der Waals surface area contributed by atoms with Crippen molar-refractivity contribution in [3.05, 3.63) is 11.6 Å².